The fourth-order valence-corrected chi connectivity index (χ4v) is 1.75. The fourth-order valence-electron chi connectivity index (χ4n) is 1.75. The molecule has 0 amide bonds. The third kappa shape index (κ3) is 3.13. The lowest BCUT2D eigenvalue weighted by Crippen LogP contribution is -2.07. The maximum atomic E-state index is 11.4. The van der Waals surface area contributed by atoms with E-state index in [4.69, 9.17) is 0 Å². The van der Waals surface area contributed by atoms with Gasteiger partial charge in [0.1, 0.15) is 0 Å². The highest BCUT2D eigenvalue weighted by Crippen LogP contribution is 2.22. The summed E-state index contributed by atoms with van der Waals surface area (Å²) in [5.41, 5.74) is 2.25. The van der Waals surface area contributed by atoms with Crippen LogP contribution in [0.4, 0.5) is 0 Å². The minimum absolute atomic E-state index is 0.339. The molecule has 0 aromatic carbocycles. The molecule has 0 bridgehead atoms. The highest BCUT2D eigenvalue weighted by atomic mass is 16.1. The van der Waals surface area contributed by atoms with Gasteiger partial charge < -0.3 is 0 Å². The van der Waals surface area contributed by atoms with Gasteiger partial charge in [0, 0.05) is 6.42 Å². The van der Waals surface area contributed by atoms with Crippen LogP contribution in [0.2, 0.25) is 0 Å². The molecule has 0 N–H and O–H groups in total. The molecule has 1 rings (SSSR count). The maximum Gasteiger partial charge on any atom is 0.158 e. The average molecular weight is 192 g/mol. The van der Waals surface area contributed by atoms with Crippen molar-refractivity contribution in [3.63, 3.8) is 0 Å². The summed E-state index contributed by atoms with van der Waals surface area (Å²) in [7, 11) is 0. The van der Waals surface area contributed by atoms with Crippen molar-refractivity contribution in [2.75, 3.05) is 0 Å². The van der Waals surface area contributed by atoms with Crippen molar-refractivity contribution in [3.8, 4) is 0 Å². The van der Waals surface area contributed by atoms with E-state index in [1.807, 2.05) is 6.92 Å². The predicted molar refractivity (Wildman–Crippen MR) is 60.2 cm³/mol. The lowest BCUT2D eigenvalue weighted by atomic mass is 9.91. The van der Waals surface area contributed by atoms with Crippen molar-refractivity contribution in [2.45, 2.75) is 52.4 Å². The second kappa shape index (κ2) is 5.79. The molecule has 0 aromatic rings. The van der Waals surface area contributed by atoms with Crippen molar-refractivity contribution >= 4 is 5.78 Å². The SMILES string of the molecule is CCCC/C=C/C1=C(C)C(=O)CCC1. The first-order chi connectivity index (χ1) is 6.75. The molecule has 0 saturated carbocycles. The van der Waals surface area contributed by atoms with Gasteiger partial charge >= 0.3 is 0 Å². The van der Waals surface area contributed by atoms with E-state index in [9.17, 15) is 4.79 Å². The summed E-state index contributed by atoms with van der Waals surface area (Å²) in [5, 5.41) is 0. The lowest BCUT2D eigenvalue weighted by molar-refractivity contribution is -0.116. The molecule has 0 saturated heterocycles. The number of carbonyl (C=O) groups is 1. The number of ketones is 1. The summed E-state index contributed by atoms with van der Waals surface area (Å²) < 4.78 is 0. The molecule has 0 aromatic heterocycles. The maximum absolute atomic E-state index is 11.4. The Hall–Kier alpha value is -0.850. The first-order valence-corrected chi connectivity index (χ1v) is 5.65. The van der Waals surface area contributed by atoms with Crippen LogP contribution in [0.15, 0.2) is 23.3 Å². The van der Waals surface area contributed by atoms with Crippen molar-refractivity contribution < 1.29 is 4.79 Å². The number of hydrogen-bond donors (Lipinski definition) is 0. The predicted octanol–water partition coefficient (Wildman–Crippen LogP) is 3.80. The second-order valence-corrected chi connectivity index (χ2v) is 3.97. The van der Waals surface area contributed by atoms with Gasteiger partial charge in [-0.3, -0.25) is 4.79 Å². The monoisotopic (exact) mass is 192 g/mol. The summed E-state index contributed by atoms with van der Waals surface area (Å²) in [6, 6.07) is 0. The van der Waals surface area contributed by atoms with E-state index in [0.29, 0.717) is 5.78 Å². The van der Waals surface area contributed by atoms with Crippen LogP contribution < -0.4 is 0 Å². The molecule has 1 heteroatoms. The zero-order valence-corrected chi connectivity index (χ0v) is 9.31. The smallest absolute Gasteiger partial charge is 0.158 e. The van der Waals surface area contributed by atoms with Gasteiger partial charge in [-0.15, -0.1) is 0 Å². The van der Waals surface area contributed by atoms with Crippen LogP contribution in [0.1, 0.15) is 52.4 Å². The Kier molecular flexibility index (Phi) is 4.64. The topological polar surface area (TPSA) is 17.1 Å². The van der Waals surface area contributed by atoms with Gasteiger partial charge in [0.25, 0.3) is 0 Å². The number of hydrogen-bond acceptors (Lipinski definition) is 1. The summed E-state index contributed by atoms with van der Waals surface area (Å²) in [5.74, 6) is 0.339. The number of allylic oxidation sites excluding steroid dienone is 4. The zero-order valence-electron chi connectivity index (χ0n) is 9.31. The van der Waals surface area contributed by atoms with Gasteiger partial charge in [0.2, 0.25) is 0 Å². The van der Waals surface area contributed by atoms with Crippen LogP contribution >= 0.6 is 0 Å². The van der Waals surface area contributed by atoms with Crippen LogP contribution in [0, 0.1) is 0 Å². The second-order valence-electron chi connectivity index (χ2n) is 3.97. The van der Waals surface area contributed by atoms with Gasteiger partial charge in [-0.2, -0.15) is 0 Å². The van der Waals surface area contributed by atoms with Gasteiger partial charge in [0.15, 0.2) is 5.78 Å². The molecule has 78 valence electrons. The first-order valence-electron chi connectivity index (χ1n) is 5.65. The van der Waals surface area contributed by atoms with Crippen LogP contribution in [-0.4, -0.2) is 5.78 Å². The van der Waals surface area contributed by atoms with Crippen molar-refractivity contribution in [1.29, 1.82) is 0 Å². The molecular formula is C13H20O. The van der Waals surface area contributed by atoms with Crippen molar-refractivity contribution in [3.05, 3.63) is 23.3 Å². The van der Waals surface area contributed by atoms with E-state index in [1.54, 1.807) is 0 Å². The molecule has 1 aliphatic carbocycles. The fraction of sp³-hybridized carbons (Fsp3) is 0.615. The Balaban J connectivity index is 2.53. The first kappa shape index (κ1) is 11.2. The Labute approximate surface area is 86.9 Å². The molecular weight excluding hydrogens is 172 g/mol. The van der Waals surface area contributed by atoms with Gasteiger partial charge in [-0.1, -0.05) is 31.9 Å². The van der Waals surface area contributed by atoms with E-state index in [1.165, 1.54) is 18.4 Å². The quantitative estimate of drug-likeness (QED) is 0.619. The number of carbonyl (C=O) groups excluding carboxylic acids is 1. The van der Waals surface area contributed by atoms with Crippen LogP contribution in [0.3, 0.4) is 0 Å². The summed E-state index contributed by atoms with van der Waals surface area (Å²) >= 11 is 0. The Morgan fingerprint density at radius 3 is 2.86 bits per heavy atom. The molecule has 1 nitrogen and oxygen atoms in total. The minimum Gasteiger partial charge on any atom is -0.295 e. The highest BCUT2D eigenvalue weighted by Gasteiger charge is 2.14. The number of unbranched alkanes of at least 4 members (excludes halogenated alkanes) is 2. The Bertz CT molecular complexity index is 258. The molecule has 0 aliphatic heterocycles. The molecule has 14 heavy (non-hydrogen) atoms. The van der Waals surface area contributed by atoms with E-state index in [0.717, 1.165) is 31.3 Å². The summed E-state index contributed by atoms with van der Waals surface area (Å²) in [4.78, 5) is 11.4. The van der Waals surface area contributed by atoms with Crippen LogP contribution in [0.25, 0.3) is 0 Å². The Morgan fingerprint density at radius 2 is 2.14 bits per heavy atom. The van der Waals surface area contributed by atoms with Gasteiger partial charge in [-0.05, 0) is 37.3 Å². The lowest BCUT2D eigenvalue weighted by Gasteiger charge is -2.13. The molecule has 0 heterocycles. The largest absolute Gasteiger partial charge is 0.295 e. The van der Waals surface area contributed by atoms with Gasteiger partial charge in [0.05, 0.1) is 0 Å². The molecule has 0 unspecified atom stereocenters. The third-order valence-electron chi connectivity index (χ3n) is 2.79. The molecule has 0 fully saturated rings. The normalized spacial score (nSPS) is 18.3. The molecule has 1 aliphatic rings. The Morgan fingerprint density at radius 1 is 1.36 bits per heavy atom. The van der Waals surface area contributed by atoms with Gasteiger partial charge in [-0.25, -0.2) is 0 Å². The van der Waals surface area contributed by atoms with E-state index >= 15 is 0 Å². The van der Waals surface area contributed by atoms with Crippen molar-refractivity contribution in [2.24, 2.45) is 0 Å². The van der Waals surface area contributed by atoms with E-state index < -0.39 is 0 Å². The molecule has 0 spiro atoms. The average Bonchev–Trinajstić information content (AvgIpc) is 2.19. The number of Topliss-reactive ketones (excluding diaryl/α,β-unsaturated/α-hetero) is 1. The standard InChI is InChI=1S/C13H20O/c1-3-4-5-6-8-12-9-7-10-13(14)11(12)2/h6,8H,3-5,7,9-10H2,1-2H3/b8-6+. The van der Waals surface area contributed by atoms with E-state index in [-0.39, 0.29) is 0 Å². The third-order valence-corrected chi connectivity index (χ3v) is 2.79. The van der Waals surface area contributed by atoms with E-state index in [2.05, 4.69) is 19.1 Å². The summed E-state index contributed by atoms with van der Waals surface area (Å²) in [6.07, 6.45) is 10.9. The highest BCUT2D eigenvalue weighted by molar-refractivity contribution is 5.96. The summed E-state index contributed by atoms with van der Waals surface area (Å²) in [6.45, 7) is 4.16. The van der Waals surface area contributed by atoms with Crippen LogP contribution in [0.5, 0.6) is 0 Å². The van der Waals surface area contributed by atoms with Crippen molar-refractivity contribution in [1.82, 2.24) is 0 Å². The zero-order chi connectivity index (χ0) is 10.4. The minimum atomic E-state index is 0.339. The molecule has 0 radical (unpaired) electrons. The molecule has 0 atom stereocenters. The van der Waals surface area contributed by atoms with Crippen LogP contribution in [-0.2, 0) is 4.79 Å². The number of rotatable bonds is 4.